The number of ether oxygens (including phenoxy) is 2. The van der Waals surface area contributed by atoms with Gasteiger partial charge in [-0.25, -0.2) is 0 Å². The van der Waals surface area contributed by atoms with Gasteiger partial charge in [0.2, 0.25) is 0 Å². The molecule has 0 bridgehead atoms. The average molecular weight is 287 g/mol. The van der Waals surface area contributed by atoms with Crippen LogP contribution in [0.2, 0.25) is 0 Å². The van der Waals surface area contributed by atoms with Crippen LogP contribution in [0.15, 0.2) is 12.1 Å². The fourth-order valence-electron chi connectivity index (χ4n) is 1.50. The maximum Gasteiger partial charge on any atom is 0.309 e. The van der Waals surface area contributed by atoms with E-state index < -0.39 is 0 Å². The molecule has 0 aliphatic heterocycles. The summed E-state index contributed by atoms with van der Waals surface area (Å²) in [5.41, 5.74) is 3.12. The monoisotopic (exact) mass is 286 g/mol. The Hall–Kier alpha value is -1.03. The maximum atomic E-state index is 11.2. The van der Waals surface area contributed by atoms with Crippen LogP contribution in [0.1, 0.15) is 16.7 Å². The van der Waals surface area contributed by atoms with Crippen LogP contribution in [0.25, 0.3) is 0 Å². The Morgan fingerprint density at radius 1 is 1.38 bits per heavy atom. The topological polar surface area (TPSA) is 35.5 Å². The number of hydrogen-bond donors (Lipinski definition) is 0. The molecule has 0 spiro atoms. The molecule has 0 fully saturated rings. The minimum atomic E-state index is -0.244. The van der Waals surface area contributed by atoms with Gasteiger partial charge in [0.05, 0.1) is 20.6 Å². The number of methoxy groups -OCH3 is 2. The van der Waals surface area contributed by atoms with E-state index in [1.165, 1.54) is 7.11 Å². The molecule has 0 amide bonds. The van der Waals surface area contributed by atoms with Crippen LogP contribution in [0, 0.1) is 6.92 Å². The van der Waals surface area contributed by atoms with Crippen LogP contribution in [0.3, 0.4) is 0 Å². The second kappa shape index (κ2) is 5.89. The molecule has 1 rings (SSSR count). The summed E-state index contributed by atoms with van der Waals surface area (Å²) in [6, 6.07) is 3.86. The predicted octanol–water partition coefficient (Wildman–Crippen LogP) is 2.61. The lowest BCUT2D eigenvalue weighted by molar-refractivity contribution is -0.139. The van der Waals surface area contributed by atoms with E-state index in [4.69, 9.17) is 4.74 Å². The molecule has 0 unspecified atom stereocenters. The standard InChI is InChI=1S/C12H15BrO3/c1-8-10(7-13)4-9(5-11(8)15-2)6-12(14)16-3/h4-5H,6-7H2,1-3H3. The van der Waals surface area contributed by atoms with Gasteiger partial charge in [-0.15, -0.1) is 0 Å². The second-order valence-electron chi connectivity index (χ2n) is 3.47. The van der Waals surface area contributed by atoms with Gasteiger partial charge in [-0.3, -0.25) is 4.79 Å². The van der Waals surface area contributed by atoms with Crippen LogP contribution in [-0.4, -0.2) is 20.2 Å². The van der Waals surface area contributed by atoms with Crippen molar-refractivity contribution in [2.75, 3.05) is 14.2 Å². The molecule has 0 heterocycles. The van der Waals surface area contributed by atoms with Gasteiger partial charge in [-0.1, -0.05) is 22.0 Å². The first-order chi connectivity index (χ1) is 7.62. The van der Waals surface area contributed by atoms with E-state index in [1.807, 2.05) is 19.1 Å². The fourth-order valence-corrected chi connectivity index (χ4v) is 2.08. The van der Waals surface area contributed by atoms with Gasteiger partial charge >= 0.3 is 5.97 Å². The van der Waals surface area contributed by atoms with Gasteiger partial charge in [0.15, 0.2) is 0 Å². The largest absolute Gasteiger partial charge is 0.496 e. The van der Waals surface area contributed by atoms with Crippen molar-refractivity contribution in [3.05, 3.63) is 28.8 Å². The highest BCUT2D eigenvalue weighted by atomic mass is 79.9. The number of carbonyl (C=O) groups excluding carboxylic acids is 1. The van der Waals surface area contributed by atoms with Crippen LogP contribution in [0.5, 0.6) is 5.75 Å². The van der Waals surface area contributed by atoms with Crippen LogP contribution in [-0.2, 0) is 21.3 Å². The number of benzene rings is 1. The minimum absolute atomic E-state index is 0.244. The number of carbonyl (C=O) groups is 1. The third-order valence-corrected chi connectivity index (χ3v) is 3.07. The van der Waals surface area contributed by atoms with Crippen LogP contribution < -0.4 is 4.74 Å². The van der Waals surface area contributed by atoms with Gasteiger partial charge in [-0.05, 0) is 29.7 Å². The van der Waals surface area contributed by atoms with E-state index in [0.29, 0.717) is 0 Å². The summed E-state index contributed by atoms with van der Waals surface area (Å²) in [6.45, 7) is 2.00. The molecule has 0 radical (unpaired) electrons. The van der Waals surface area contributed by atoms with Gasteiger partial charge in [-0.2, -0.15) is 0 Å². The molecule has 1 aromatic rings. The summed E-state index contributed by atoms with van der Waals surface area (Å²) in [5, 5.41) is 0.740. The first kappa shape index (κ1) is 13.0. The lowest BCUT2D eigenvalue weighted by Crippen LogP contribution is -2.05. The van der Waals surface area contributed by atoms with Crippen molar-refractivity contribution in [1.29, 1.82) is 0 Å². The van der Waals surface area contributed by atoms with E-state index in [1.54, 1.807) is 7.11 Å². The molecule has 0 saturated carbocycles. The Labute approximate surface area is 104 Å². The average Bonchev–Trinajstić information content (AvgIpc) is 2.30. The first-order valence-electron chi connectivity index (χ1n) is 4.91. The van der Waals surface area contributed by atoms with E-state index in [0.717, 1.165) is 27.8 Å². The Kier molecular flexibility index (Phi) is 4.80. The third kappa shape index (κ3) is 2.98. The zero-order valence-electron chi connectivity index (χ0n) is 9.67. The molecule has 16 heavy (non-hydrogen) atoms. The number of esters is 1. The Bertz CT molecular complexity index is 363. The summed E-state index contributed by atoms with van der Waals surface area (Å²) in [4.78, 5) is 11.2. The van der Waals surface area contributed by atoms with Crippen LogP contribution >= 0.6 is 15.9 Å². The SMILES string of the molecule is COC(=O)Cc1cc(CBr)c(C)c(OC)c1. The van der Waals surface area contributed by atoms with Crippen molar-refractivity contribution in [3.63, 3.8) is 0 Å². The molecule has 0 aromatic heterocycles. The fraction of sp³-hybridized carbons (Fsp3) is 0.417. The number of hydrogen-bond acceptors (Lipinski definition) is 3. The van der Waals surface area contributed by atoms with Crippen molar-refractivity contribution in [2.24, 2.45) is 0 Å². The van der Waals surface area contributed by atoms with Gasteiger partial charge in [0.1, 0.15) is 5.75 Å². The van der Waals surface area contributed by atoms with Crippen molar-refractivity contribution >= 4 is 21.9 Å². The number of rotatable bonds is 4. The summed E-state index contributed by atoms with van der Waals surface area (Å²) in [7, 11) is 3.02. The number of halogens is 1. The highest BCUT2D eigenvalue weighted by Crippen LogP contribution is 2.25. The van der Waals surface area contributed by atoms with Crippen molar-refractivity contribution in [3.8, 4) is 5.75 Å². The van der Waals surface area contributed by atoms with Crippen molar-refractivity contribution < 1.29 is 14.3 Å². The summed E-state index contributed by atoms with van der Waals surface area (Å²) in [6.07, 6.45) is 0.271. The lowest BCUT2D eigenvalue weighted by atomic mass is 10.0. The Morgan fingerprint density at radius 2 is 2.06 bits per heavy atom. The second-order valence-corrected chi connectivity index (χ2v) is 4.03. The third-order valence-electron chi connectivity index (χ3n) is 2.47. The Morgan fingerprint density at radius 3 is 2.56 bits per heavy atom. The van der Waals surface area contributed by atoms with E-state index in [2.05, 4.69) is 20.7 Å². The first-order valence-corrected chi connectivity index (χ1v) is 6.03. The van der Waals surface area contributed by atoms with Gasteiger partial charge in [0.25, 0.3) is 0 Å². The zero-order chi connectivity index (χ0) is 12.1. The molecule has 1 aromatic carbocycles. The smallest absolute Gasteiger partial charge is 0.309 e. The summed E-state index contributed by atoms with van der Waals surface area (Å²) < 4.78 is 9.91. The normalized spacial score (nSPS) is 10.0. The highest BCUT2D eigenvalue weighted by Gasteiger charge is 2.10. The number of alkyl halides is 1. The molecule has 0 N–H and O–H groups in total. The predicted molar refractivity (Wildman–Crippen MR) is 66.1 cm³/mol. The van der Waals surface area contributed by atoms with Crippen LogP contribution in [0.4, 0.5) is 0 Å². The Balaban J connectivity index is 3.06. The molecular formula is C12H15BrO3. The molecular weight excluding hydrogens is 272 g/mol. The van der Waals surface area contributed by atoms with E-state index in [-0.39, 0.29) is 12.4 Å². The highest BCUT2D eigenvalue weighted by molar-refractivity contribution is 9.08. The van der Waals surface area contributed by atoms with E-state index >= 15 is 0 Å². The van der Waals surface area contributed by atoms with Crippen molar-refractivity contribution in [1.82, 2.24) is 0 Å². The van der Waals surface area contributed by atoms with E-state index in [9.17, 15) is 4.79 Å². The maximum absolute atomic E-state index is 11.2. The molecule has 0 atom stereocenters. The minimum Gasteiger partial charge on any atom is -0.496 e. The molecule has 0 saturated heterocycles. The molecule has 88 valence electrons. The van der Waals surface area contributed by atoms with Crippen molar-refractivity contribution in [2.45, 2.75) is 18.7 Å². The molecule has 0 aliphatic rings. The summed E-state index contributed by atoms with van der Waals surface area (Å²) >= 11 is 3.42. The molecule has 4 heteroatoms. The quantitative estimate of drug-likeness (QED) is 0.631. The van der Waals surface area contributed by atoms with Gasteiger partial charge < -0.3 is 9.47 Å². The molecule has 0 aliphatic carbocycles. The van der Waals surface area contributed by atoms with Gasteiger partial charge in [0, 0.05) is 5.33 Å². The zero-order valence-corrected chi connectivity index (χ0v) is 11.3. The molecule has 3 nitrogen and oxygen atoms in total. The lowest BCUT2D eigenvalue weighted by Gasteiger charge is -2.11. The summed E-state index contributed by atoms with van der Waals surface area (Å²) in [5.74, 6) is 0.558.